The zero-order valence-corrected chi connectivity index (χ0v) is 16.9. The van der Waals surface area contributed by atoms with Gasteiger partial charge in [0.2, 0.25) is 0 Å². The minimum Gasteiger partial charge on any atom is -0.409 e. The Balaban J connectivity index is 1.59. The minimum absolute atomic E-state index is 0.0681. The third-order valence-corrected chi connectivity index (χ3v) is 7.55. The molecule has 0 radical (unpaired) electrons. The van der Waals surface area contributed by atoms with E-state index in [0.717, 1.165) is 47.4 Å². The Morgan fingerprint density at radius 3 is 2.34 bits per heavy atom. The molecule has 1 atom stereocenters. The van der Waals surface area contributed by atoms with E-state index in [1.807, 2.05) is 25.1 Å². The highest BCUT2D eigenvalue weighted by Crippen LogP contribution is 2.61. The fourth-order valence-corrected chi connectivity index (χ4v) is 6.54. The molecule has 2 aromatic rings. The van der Waals surface area contributed by atoms with Crippen LogP contribution in [0.2, 0.25) is 0 Å². The van der Waals surface area contributed by atoms with Gasteiger partial charge in [-0.05, 0) is 96.9 Å². The van der Waals surface area contributed by atoms with E-state index in [-0.39, 0.29) is 16.9 Å². The largest absolute Gasteiger partial charge is 0.438 e. The second-order valence-electron chi connectivity index (χ2n) is 9.45. The molecule has 0 saturated heterocycles. The summed E-state index contributed by atoms with van der Waals surface area (Å²) >= 11 is 0. The maximum Gasteiger partial charge on any atom is 0.438 e. The van der Waals surface area contributed by atoms with Gasteiger partial charge in [0.05, 0.1) is 11.1 Å². The van der Waals surface area contributed by atoms with E-state index in [1.165, 1.54) is 24.1 Å². The van der Waals surface area contributed by atoms with E-state index in [4.69, 9.17) is 4.99 Å². The number of aryl methyl sites for hydroxylation is 1. The lowest BCUT2D eigenvalue weighted by molar-refractivity contribution is -0.391. The highest BCUT2D eigenvalue weighted by atomic mass is 16.6. The summed E-state index contributed by atoms with van der Waals surface area (Å²) in [5, 5.41) is 26.5. The average molecular weight is 397 g/mol. The smallest absolute Gasteiger partial charge is 0.409 e. The van der Waals surface area contributed by atoms with Crippen LogP contribution in [0.25, 0.3) is 5.69 Å². The number of rotatable bonds is 4. The van der Waals surface area contributed by atoms with Crippen molar-refractivity contribution in [1.82, 2.24) is 14.7 Å². The molecular formula is C21H27N5O3. The van der Waals surface area contributed by atoms with Gasteiger partial charge < -0.3 is 15.3 Å². The van der Waals surface area contributed by atoms with Crippen LogP contribution in [0.4, 0.5) is 5.82 Å². The third-order valence-electron chi connectivity index (χ3n) is 7.55. The van der Waals surface area contributed by atoms with Gasteiger partial charge in [-0.3, -0.25) is 4.99 Å². The summed E-state index contributed by atoms with van der Waals surface area (Å²) in [7, 11) is 0. The van der Waals surface area contributed by atoms with E-state index >= 15 is 0 Å². The molecule has 1 N–H and O–H groups in total. The molecule has 8 nitrogen and oxygen atoms in total. The Hall–Kier alpha value is -2.64. The van der Waals surface area contributed by atoms with Gasteiger partial charge in [0, 0.05) is 0 Å². The Kier molecular flexibility index (Phi) is 4.08. The predicted octanol–water partition coefficient (Wildman–Crippen LogP) is 3.63. The molecule has 1 aromatic carbocycles. The zero-order chi connectivity index (χ0) is 20.3. The van der Waals surface area contributed by atoms with E-state index in [1.54, 1.807) is 6.07 Å². The van der Waals surface area contributed by atoms with Crippen molar-refractivity contribution in [3.63, 3.8) is 0 Å². The van der Waals surface area contributed by atoms with Crippen LogP contribution in [0, 0.1) is 40.2 Å². The van der Waals surface area contributed by atoms with E-state index in [9.17, 15) is 15.3 Å². The topological polar surface area (TPSA) is 98.5 Å². The van der Waals surface area contributed by atoms with Crippen molar-refractivity contribution >= 4 is 5.82 Å². The zero-order valence-electron chi connectivity index (χ0n) is 16.9. The van der Waals surface area contributed by atoms with Gasteiger partial charge in [-0.25, -0.2) is 0 Å². The highest BCUT2D eigenvalue weighted by molar-refractivity contribution is 5.38. The van der Waals surface area contributed by atoms with Gasteiger partial charge >= 0.3 is 5.82 Å². The molecule has 1 aromatic heterocycles. The van der Waals surface area contributed by atoms with Gasteiger partial charge in [0.1, 0.15) is 5.69 Å². The summed E-state index contributed by atoms with van der Waals surface area (Å²) < 4.78 is 0. The molecule has 154 valence electrons. The number of nitrogens with zero attached hydrogens (tertiary/aromatic N) is 5. The lowest BCUT2D eigenvalue weighted by Crippen LogP contribution is -2.50. The number of hydrogen-bond acceptors (Lipinski definition) is 5. The summed E-state index contributed by atoms with van der Waals surface area (Å²) in [5.74, 6) is 1.90. The Morgan fingerprint density at radius 2 is 1.79 bits per heavy atom. The van der Waals surface area contributed by atoms with Gasteiger partial charge in [-0.2, -0.15) is 0 Å². The minimum atomic E-state index is -0.563. The van der Waals surface area contributed by atoms with Crippen LogP contribution in [-0.4, -0.2) is 30.9 Å². The normalized spacial score (nSPS) is 31.9. The molecule has 4 aliphatic rings. The quantitative estimate of drug-likeness (QED) is 0.484. The molecule has 0 unspecified atom stereocenters. The van der Waals surface area contributed by atoms with Crippen LogP contribution < -0.4 is 5.49 Å². The van der Waals surface area contributed by atoms with Gasteiger partial charge in [-0.15, -0.1) is 0 Å². The molecule has 29 heavy (non-hydrogen) atoms. The first kappa shape index (κ1) is 18.4. The SMILES string of the molecule is Cc1ccccc1-n1nc([N+](=O)[O-])c(=N[C@@H](C)C23CC4CC(CC(C4)C2)C3)n1O. The molecule has 4 bridgehead atoms. The first-order valence-corrected chi connectivity index (χ1v) is 10.5. The Morgan fingerprint density at radius 1 is 1.21 bits per heavy atom. The molecule has 1 heterocycles. The Labute approximate surface area is 169 Å². The molecule has 4 saturated carbocycles. The molecule has 8 heteroatoms. The number of nitro groups is 1. The molecule has 0 aliphatic heterocycles. The predicted molar refractivity (Wildman–Crippen MR) is 106 cm³/mol. The number of para-hydroxylation sites is 1. The fraction of sp³-hybridized carbons (Fsp3) is 0.619. The Bertz CT molecular complexity index is 1000. The number of hydrogen-bond donors (Lipinski definition) is 1. The van der Waals surface area contributed by atoms with Crippen molar-refractivity contribution in [2.45, 2.75) is 58.4 Å². The van der Waals surface area contributed by atoms with Crippen molar-refractivity contribution in [3.05, 3.63) is 45.4 Å². The first-order chi connectivity index (χ1) is 13.9. The first-order valence-electron chi connectivity index (χ1n) is 10.5. The highest BCUT2D eigenvalue weighted by Gasteiger charge is 2.53. The molecule has 4 fully saturated rings. The molecule has 0 amide bonds. The summed E-state index contributed by atoms with van der Waals surface area (Å²) in [6.07, 6.45) is 7.43. The fourth-order valence-electron chi connectivity index (χ4n) is 6.54. The molecular weight excluding hydrogens is 370 g/mol. The average Bonchev–Trinajstić information content (AvgIpc) is 2.98. The maximum atomic E-state index is 11.7. The molecule has 6 rings (SSSR count). The lowest BCUT2D eigenvalue weighted by Gasteiger charge is -2.58. The second kappa shape index (κ2) is 6.43. The van der Waals surface area contributed by atoms with Crippen molar-refractivity contribution in [1.29, 1.82) is 0 Å². The molecule has 0 spiro atoms. The van der Waals surface area contributed by atoms with E-state index in [2.05, 4.69) is 12.0 Å². The summed E-state index contributed by atoms with van der Waals surface area (Å²) in [6.45, 7) is 3.93. The van der Waals surface area contributed by atoms with Crippen LogP contribution in [0.3, 0.4) is 0 Å². The van der Waals surface area contributed by atoms with Crippen molar-refractivity contribution in [3.8, 4) is 5.69 Å². The van der Waals surface area contributed by atoms with Crippen LogP contribution in [-0.2, 0) is 0 Å². The van der Waals surface area contributed by atoms with E-state index in [0.29, 0.717) is 5.69 Å². The van der Waals surface area contributed by atoms with Crippen LogP contribution >= 0.6 is 0 Å². The van der Waals surface area contributed by atoms with Gasteiger partial charge in [0.25, 0.3) is 5.49 Å². The summed E-state index contributed by atoms with van der Waals surface area (Å²) in [6, 6.07) is 7.23. The van der Waals surface area contributed by atoms with Crippen molar-refractivity contribution < 1.29 is 10.1 Å². The van der Waals surface area contributed by atoms with Crippen LogP contribution in [0.1, 0.15) is 51.0 Å². The summed E-state index contributed by atoms with van der Waals surface area (Å²) in [4.78, 5) is 17.7. The summed E-state index contributed by atoms with van der Waals surface area (Å²) in [5.41, 5.74) is 1.47. The van der Waals surface area contributed by atoms with Gasteiger partial charge in [-0.1, -0.05) is 23.0 Å². The number of benzene rings is 1. The van der Waals surface area contributed by atoms with Crippen LogP contribution in [0.5, 0.6) is 0 Å². The van der Waals surface area contributed by atoms with Crippen molar-refractivity contribution in [2.75, 3.05) is 0 Å². The van der Waals surface area contributed by atoms with Gasteiger partial charge in [0.15, 0.2) is 0 Å². The monoisotopic (exact) mass is 397 g/mol. The standard InChI is InChI=1S/C21H27N5O3/c1-13-5-3-4-6-18(13)24-23-20(26(28)29)19(25(24)27)22-14(2)21-10-15-7-16(11-21)9-17(8-15)12-21/h3-6,14-17,27H,7-12H2,1-2H3/t14-,15?,16?,17?,21?/m0/s1. The maximum absolute atomic E-state index is 11.7. The second-order valence-corrected chi connectivity index (χ2v) is 9.45. The lowest BCUT2D eigenvalue weighted by atomic mass is 9.48. The van der Waals surface area contributed by atoms with Crippen LogP contribution in [0.15, 0.2) is 29.3 Å². The third kappa shape index (κ3) is 2.88. The van der Waals surface area contributed by atoms with Crippen molar-refractivity contribution in [2.24, 2.45) is 28.2 Å². The van der Waals surface area contributed by atoms with E-state index < -0.39 is 10.7 Å². The number of aromatic nitrogens is 3. The molecule has 4 aliphatic carbocycles.